The first-order chi connectivity index (χ1) is 12.5. The molecular formula is C21H17NO4. The summed E-state index contributed by atoms with van der Waals surface area (Å²) in [6.45, 7) is 7.58. The molecular weight excluding hydrogens is 330 g/mol. The molecule has 130 valence electrons. The van der Waals surface area contributed by atoms with E-state index in [1.165, 1.54) is 0 Å². The highest BCUT2D eigenvalue weighted by atomic mass is 16.5. The number of amides is 2. The van der Waals surface area contributed by atoms with Crippen molar-refractivity contribution in [3.8, 4) is 0 Å². The number of nitrogens with one attached hydrogen (secondary N) is 1. The molecule has 1 heterocycles. The third kappa shape index (κ3) is 3.32. The first-order valence-corrected chi connectivity index (χ1v) is 8.04. The summed E-state index contributed by atoms with van der Waals surface area (Å²) in [6, 6.07) is 10.5. The van der Waals surface area contributed by atoms with Crippen LogP contribution in [0.5, 0.6) is 0 Å². The molecule has 0 atom stereocenters. The molecule has 1 aliphatic rings. The molecule has 0 unspecified atom stereocenters. The van der Waals surface area contributed by atoms with Crippen LogP contribution in [0, 0.1) is 0 Å². The van der Waals surface area contributed by atoms with E-state index in [9.17, 15) is 14.4 Å². The zero-order valence-electron chi connectivity index (χ0n) is 14.1. The molecule has 5 nitrogen and oxygen atoms in total. The number of fused-ring (bicyclic) bond motifs is 1. The van der Waals surface area contributed by atoms with Crippen LogP contribution in [0.15, 0.2) is 49.6 Å². The Labute approximate surface area is 151 Å². The van der Waals surface area contributed by atoms with E-state index in [4.69, 9.17) is 4.74 Å². The molecule has 0 aliphatic carbocycles. The maximum absolute atomic E-state index is 12.2. The van der Waals surface area contributed by atoms with Gasteiger partial charge >= 0.3 is 5.97 Å². The van der Waals surface area contributed by atoms with Gasteiger partial charge in [-0.2, -0.15) is 0 Å². The third-order valence-corrected chi connectivity index (χ3v) is 4.20. The van der Waals surface area contributed by atoms with Crippen molar-refractivity contribution in [2.75, 3.05) is 0 Å². The SMILES string of the molecule is C=Cc1ccc(COC(=O)Cc2cccc3c2C(=O)NC3=O)c(C=C)c1. The summed E-state index contributed by atoms with van der Waals surface area (Å²) >= 11 is 0. The van der Waals surface area contributed by atoms with Gasteiger partial charge in [-0.15, -0.1) is 0 Å². The van der Waals surface area contributed by atoms with Crippen LogP contribution in [0.1, 0.15) is 43.0 Å². The highest BCUT2D eigenvalue weighted by Gasteiger charge is 2.29. The Morgan fingerprint density at radius 2 is 1.85 bits per heavy atom. The number of hydrogen-bond donors (Lipinski definition) is 1. The number of imide groups is 1. The van der Waals surface area contributed by atoms with E-state index in [-0.39, 0.29) is 24.2 Å². The normalized spacial score (nSPS) is 12.3. The van der Waals surface area contributed by atoms with Gasteiger partial charge in [-0.1, -0.05) is 49.6 Å². The van der Waals surface area contributed by atoms with Crippen molar-refractivity contribution >= 4 is 29.9 Å². The van der Waals surface area contributed by atoms with Crippen molar-refractivity contribution in [3.05, 3.63) is 82.9 Å². The molecule has 0 saturated heterocycles. The Bertz CT molecular complexity index is 943. The molecule has 1 N–H and O–H groups in total. The number of esters is 1. The number of hydrogen-bond acceptors (Lipinski definition) is 4. The molecule has 1 aliphatic heterocycles. The molecule has 0 aromatic heterocycles. The molecule has 26 heavy (non-hydrogen) atoms. The quantitative estimate of drug-likeness (QED) is 0.644. The third-order valence-electron chi connectivity index (χ3n) is 4.20. The monoisotopic (exact) mass is 347 g/mol. The average molecular weight is 347 g/mol. The Morgan fingerprint density at radius 1 is 1.04 bits per heavy atom. The van der Waals surface area contributed by atoms with Crippen molar-refractivity contribution in [3.63, 3.8) is 0 Å². The average Bonchev–Trinajstić information content (AvgIpc) is 2.94. The molecule has 0 radical (unpaired) electrons. The van der Waals surface area contributed by atoms with Gasteiger partial charge < -0.3 is 4.74 Å². The Kier molecular flexibility index (Phi) is 4.80. The van der Waals surface area contributed by atoms with E-state index in [0.29, 0.717) is 5.56 Å². The highest BCUT2D eigenvalue weighted by molar-refractivity contribution is 6.22. The predicted molar refractivity (Wildman–Crippen MR) is 98.4 cm³/mol. The minimum absolute atomic E-state index is 0.0853. The lowest BCUT2D eigenvalue weighted by atomic mass is 10.0. The van der Waals surface area contributed by atoms with Crippen LogP contribution in [-0.4, -0.2) is 17.8 Å². The lowest BCUT2D eigenvalue weighted by Crippen LogP contribution is -2.20. The zero-order chi connectivity index (χ0) is 18.7. The topological polar surface area (TPSA) is 72.5 Å². The first kappa shape index (κ1) is 17.4. The number of ether oxygens (including phenoxy) is 1. The van der Waals surface area contributed by atoms with Crippen molar-refractivity contribution in [1.82, 2.24) is 5.32 Å². The van der Waals surface area contributed by atoms with Crippen LogP contribution in [0.3, 0.4) is 0 Å². The summed E-state index contributed by atoms with van der Waals surface area (Å²) in [5.41, 5.74) is 3.64. The van der Waals surface area contributed by atoms with Crippen LogP contribution in [0.25, 0.3) is 12.2 Å². The summed E-state index contributed by atoms with van der Waals surface area (Å²) < 4.78 is 5.34. The smallest absolute Gasteiger partial charge is 0.310 e. The van der Waals surface area contributed by atoms with Gasteiger partial charge in [0.25, 0.3) is 11.8 Å². The summed E-state index contributed by atoms with van der Waals surface area (Å²) in [7, 11) is 0. The van der Waals surface area contributed by atoms with E-state index in [2.05, 4.69) is 18.5 Å². The molecule has 0 bridgehead atoms. The number of carbonyl (C=O) groups is 3. The summed E-state index contributed by atoms with van der Waals surface area (Å²) in [5, 5.41) is 2.23. The maximum Gasteiger partial charge on any atom is 0.310 e. The largest absolute Gasteiger partial charge is 0.461 e. The zero-order valence-corrected chi connectivity index (χ0v) is 14.1. The van der Waals surface area contributed by atoms with Crippen LogP contribution >= 0.6 is 0 Å². The van der Waals surface area contributed by atoms with Gasteiger partial charge in [0.1, 0.15) is 6.61 Å². The highest BCUT2D eigenvalue weighted by Crippen LogP contribution is 2.21. The van der Waals surface area contributed by atoms with Crippen LogP contribution in [0.4, 0.5) is 0 Å². The molecule has 5 heteroatoms. The number of rotatable bonds is 6. The van der Waals surface area contributed by atoms with Crippen molar-refractivity contribution < 1.29 is 19.1 Å². The summed E-state index contributed by atoms with van der Waals surface area (Å²) in [4.78, 5) is 35.8. The van der Waals surface area contributed by atoms with Crippen molar-refractivity contribution in [2.24, 2.45) is 0 Å². The first-order valence-electron chi connectivity index (χ1n) is 8.04. The second-order valence-corrected chi connectivity index (χ2v) is 5.83. The molecule has 0 spiro atoms. The van der Waals surface area contributed by atoms with Gasteiger partial charge in [-0.25, -0.2) is 0 Å². The van der Waals surface area contributed by atoms with E-state index in [0.717, 1.165) is 16.7 Å². The van der Waals surface area contributed by atoms with Gasteiger partial charge in [0.15, 0.2) is 0 Å². The molecule has 2 amide bonds. The standard InChI is InChI=1S/C21H17NO4/c1-3-13-8-9-16(14(4-2)10-13)12-26-18(23)11-15-6-5-7-17-19(15)21(25)22-20(17)24/h3-10H,1-2,11-12H2,(H,22,24,25). The Morgan fingerprint density at radius 3 is 2.58 bits per heavy atom. The van der Waals surface area contributed by atoms with Gasteiger partial charge in [-0.3, -0.25) is 19.7 Å². The van der Waals surface area contributed by atoms with Gasteiger partial charge in [0.05, 0.1) is 17.5 Å². The van der Waals surface area contributed by atoms with Crippen LogP contribution in [0.2, 0.25) is 0 Å². The van der Waals surface area contributed by atoms with E-state index >= 15 is 0 Å². The fourth-order valence-corrected chi connectivity index (χ4v) is 2.86. The maximum atomic E-state index is 12.2. The summed E-state index contributed by atoms with van der Waals surface area (Å²) in [5.74, 6) is -1.41. The fourth-order valence-electron chi connectivity index (χ4n) is 2.86. The second-order valence-electron chi connectivity index (χ2n) is 5.83. The van der Waals surface area contributed by atoms with E-state index < -0.39 is 17.8 Å². The van der Waals surface area contributed by atoms with Gasteiger partial charge in [0.2, 0.25) is 0 Å². The summed E-state index contributed by atoms with van der Waals surface area (Å²) in [6.07, 6.45) is 3.33. The molecule has 3 rings (SSSR count). The molecule has 2 aromatic rings. The molecule has 0 saturated carbocycles. The predicted octanol–water partition coefficient (Wildman–Crippen LogP) is 3.14. The lowest BCUT2D eigenvalue weighted by Gasteiger charge is -2.10. The number of carbonyl (C=O) groups excluding carboxylic acids is 3. The lowest BCUT2D eigenvalue weighted by molar-refractivity contribution is -0.144. The van der Waals surface area contributed by atoms with Crippen molar-refractivity contribution in [2.45, 2.75) is 13.0 Å². The number of benzene rings is 2. The van der Waals surface area contributed by atoms with E-state index in [1.807, 2.05) is 18.2 Å². The Balaban J connectivity index is 1.72. The minimum atomic E-state index is -0.484. The second kappa shape index (κ2) is 7.19. The van der Waals surface area contributed by atoms with Gasteiger partial charge in [-0.05, 0) is 34.4 Å². The van der Waals surface area contributed by atoms with Crippen molar-refractivity contribution in [1.29, 1.82) is 0 Å². The minimum Gasteiger partial charge on any atom is -0.461 e. The Hall–Kier alpha value is -3.47. The fraction of sp³-hybridized carbons (Fsp3) is 0.0952. The van der Waals surface area contributed by atoms with Crippen LogP contribution < -0.4 is 5.32 Å². The molecule has 0 fully saturated rings. The molecule has 2 aromatic carbocycles. The van der Waals surface area contributed by atoms with Crippen LogP contribution in [-0.2, 0) is 22.6 Å². The van der Waals surface area contributed by atoms with E-state index in [1.54, 1.807) is 30.4 Å². The van der Waals surface area contributed by atoms with Gasteiger partial charge in [0, 0.05) is 0 Å².